The van der Waals surface area contributed by atoms with Crippen molar-refractivity contribution in [2.75, 3.05) is 0 Å². The van der Waals surface area contributed by atoms with Gasteiger partial charge in [-0.15, -0.1) is 0 Å². The summed E-state index contributed by atoms with van der Waals surface area (Å²) in [5.74, 6) is 6.06. The number of benzene rings is 2. The van der Waals surface area contributed by atoms with Crippen molar-refractivity contribution < 1.29 is 4.79 Å². The first-order chi connectivity index (χ1) is 19.8. The highest BCUT2D eigenvalue weighted by atomic mass is 16.2. The molecule has 0 saturated carbocycles. The third kappa shape index (κ3) is 4.55. The lowest BCUT2D eigenvalue weighted by Gasteiger charge is -2.21. The van der Waals surface area contributed by atoms with Gasteiger partial charge >= 0.3 is 0 Å². The van der Waals surface area contributed by atoms with E-state index in [-0.39, 0.29) is 11.5 Å². The molecular formula is C32H27N7O2. The number of hydrogen-bond acceptors (Lipinski definition) is 5. The maximum Gasteiger partial charge on any atom is 0.264 e. The van der Waals surface area contributed by atoms with Gasteiger partial charge in [0.05, 0.1) is 34.6 Å². The Hall–Kier alpha value is -5.49. The summed E-state index contributed by atoms with van der Waals surface area (Å²) in [7, 11) is 1.87. The van der Waals surface area contributed by atoms with E-state index in [1.807, 2.05) is 75.5 Å². The molecule has 1 atom stereocenters. The van der Waals surface area contributed by atoms with Crippen LogP contribution in [-0.4, -0.2) is 34.9 Å². The molecule has 41 heavy (non-hydrogen) atoms. The number of rotatable bonds is 4. The molecule has 0 aliphatic rings. The molecule has 6 aromatic rings. The summed E-state index contributed by atoms with van der Waals surface area (Å²) in [4.78, 5) is 32.1. The zero-order valence-electron chi connectivity index (χ0n) is 23.1. The van der Waals surface area contributed by atoms with Crippen LogP contribution in [0.4, 0.5) is 0 Å². The van der Waals surface area contributed by atoms with Gasteiger partial charge in [0, 0.05) is 36.4 Å². The van der Waals surface area contributed by atoms with Gasteiger partial charge in [-0.1, -0.05) is 42.2 Å². The van der Waals surface area contributed by atoms with Crippen LogP contribution in [0.1, 0.15) is 51.5 Å². The second-order valence-corrected chi connectivity index (χ2v) is 9.88. The van der Waals surface area contributed by atoms with E-state index < -0.39 is 6.04 Å². The number of amides is 1. The van der Waals surface area contributed by atoms with Crippen LogP contribution in [0.25, 0.3) is 22.1 Å². The summed E-state index contributed by atoms with van der Waals surface area (Å²) >= 11 is 0. The summed E-state index contributed by atoms with van der Waals surface area (Å²) in [5.41, 5.74) is 4.92. The van der Waals surface area contributed by atoms with Gasteiger partial charge in [-0.2, -0.15) is 10.2 Å². The van der Waals surface area contributed by atoms with E-state index in [4.69, 9.17) is 0 Å². The van der Waals surface area contributed by atoms with Crippen molar-refractivity contribution in [2.24, 2.45) is 7.05 Å². The van der Waals surface area contributed by atoms with E-state index in [0.29, 0.717) is 39.2 Å². The second-order valence-electron chi connectivity index (χ2n) is 9.88. The number of nitrogens with one attached hydrogen (secondary N) is 1. The highest BCUT2D eigenvalue weighted by molar-refractivity contribution is 6.01. The van der Waals surface area contributed by atoms with Gasteiger partial charge in [-0.05, 0) is 56.5 Å². The summed E-state index contributed by atoms with van der Waals surface area (Å²) in [6.45, 7) is 5.59. The maximum absolute atomic E-state index is 14.2. The van der Waals surface area contributed by atoms with Crippen LogP contribution in [0.5, 0.6) is 0 Å². The molecule has 0 aliphatic heterocycles. The van der Waals surface area contributed by atoms with Crippen molar-refractivity contribution >= 4 is 22.3 Å². The number of para-hydroxylation sites is 1. The highest BCUT2D eigenvalue weighted by Gasteiger charge is 2.23. The van der Waals surface area contributed by atoms with E-state index in [2.05, 4.69) is 32.3 Å². The number of nitrogens with zero attached hydrogens (tertiary/aromatic N) is 6. The van der Waals surface area contributed by atoms with Crippen LogP contribution in [0.3, 0.4) is 0 Å². The molecule has 0 bridgehead atoms. The zero-order chi connectivity index (χ0) is 28.7. The molecule has 1 N–H and O–H groups in total. The van der Waals surface area contributed by atoms with E-state index in [9.17, 15) is 9.59 Å². The SMILES string of the molecule is Cc1nn2cccnc2c1C(=O)N[C@@H](C)c1cc2cccc(C#Cc3cnn(C)c3C)c2c(=O)n1-c1ccccc1. The Morgan fingerprint density at radius 3 is 2.54 bits per heavy atom. The lowest BCUT2D eigenvalue weighted by Crippen LogP contribution is -2.32. The van der Waals surface area contributed by atoms with Crippen LogP contribution < -0.4 is 10.9 Å². The van der Waals surface area contributed by atoms with Crippen molar-refractivity contribution in [2.45, 2.75) is 26.8 Å². The monoisotopic (exact) mass is 541 g/mol. The summed E-state index contributed by atoms with van der Waals surface area (Å²) in [6, 6.07) is 18.2. The Morgan fingerprint density at radius 2 is 1.78 bits per heavy atom. The van der Waals surface area contributed by atoms with Crippen molar-refractivity contribution in [1.82, 2.24) is 34.3 Å². The quantitative estimate of drug-likeness (QED) is 0.336. The summed E-state index contributed by atoms with van der Waals surface area (Å²) in [5, 5.41) is 13.0. The molecule has 4 aromatic heterocycles. The third-order valence-corrected chi connectivity index (χ3v) is 7.25. The molecule has 0 unspecified atom stereocenters. The van der Waals surface area contributed by atoms with E-state index in [0.717, 1.165) is 16.6 Å². The molecule has 2 aromatic carbocycles. The van der Waals surface area contributed by atoms with Gasteiger partial charge in [0.25, 0.3) is 11.5 Å². The van der Waals surface area contributed by atoms with Crippen molar-refractivity contribution in [3.8, 4) is 17.5 Å². The first kappa shape index (κ1) is 25.8. The van der Waals surface area contributed by atoms with Gasteiger partial charge in [0.1, 0.15) is 5.56 Å². The van der Waals surface area contributed by atoms with Crippen LogP contribution >= 0.6 is 0 Å². The summed E-state index contributed by atoms with van der Waals surface area (Å²) in [6.07, 6.45) is 5.10. The summed E-state index contributed by atoms with van der Waals surface area (Å²) < 4.78 is 5.00. The fourth-order valence-corrected chi connectivity index (χ4v) is 5.01. The average Bonchev–Trinajstić information content (AvgIpc) is 3.49. The van der Waals surface area contributed by atoms with Crippen LogP contribution in [0, 0.1) is 25.7 Å². The van der Waals surface area contributed by atoms with Crippen LogP contribution in [0.15, 0.2) is 84.0 Å². The molecule has 9 nitrogen and oxygen atoms in total. The standard InChI is InChI=1S/C32H27N7O2/c1-20(35-31(40)28-21(2)36-38-17-9-16-33-30(28)38)27-18-24-11-8-10-23(14-15-25-19-34-37(4)22(25)3)29(24)32(41)39(27)26-12-6-5-7-13-26/h5-13,16-20H,1-4H3,(H,35,40)/t20-/m0/s1. The fraction of sp³-hybridized carbons (Fsp3) is 0.156. The Labute approximate surface area is 236 Å². The minimum atomic E-state index is -0.523. The van der Waals surface area contributed by atoms with E-state index >= 15 is 0 Å². The van der Waals surface area contributed by atoms with Gasteiger partial charge in [-0.3, -0.25) is 18.8 Å². The molecule has 202 valence electrons. The average molecular weight is 542 g/mol. The minimum Gasteiger partial charge on any atom is -0.344 e. The number of aromatic nitrogens is 6. The smallest absolute Gasteiger partial charge is 0.264 e. The van der Waals surface area contributed by atoms with Crippen molar-refractivity contribution in [3.05, 3.63) is 123 Å². The van der Waals surface area contributed by atoms with Crippen LogP contribution in [0.2, 0.25) is 0 Å². The molecule has 0 saturated heterocycles. The van der Waals surface area contributed by atoms with Gasteiger partial charge < -0.3 is 5.32 Å². The number of aryl methyl sites for hydroxylation is 2. The maximum atomic E-state index is 14.2. The number of carbonyl (C=O) groups excluding carboxylic acids is 1. The topological polar surface area (TPSA) is 99.1 Å². The lowest BCUT2D eigenvalue weighted by atomic mass is 10.0. The molecule has 0 spiro atoms. The Bertz CT molecular complexity index is 2070. The van der Waals surface area contributed by atoms with Crippen molar-refractivity contribution in [3.63, 3.8) is 0 Å². The first-order valence-electron chi connectivity index (χ1n) is 13.2. The number of carbonyl (C=O) groups is 1. The Kier molecular flexibility index (Phi) is 6.44. The fourth-order valence-electron chi connectivity index (χ4n) is 5.01. The molecule has 1 amide bonds. The largest absolute Gasteiger partial charge is 0.344 e. The lowest BCUT2D eigenvalue weighted by molar-refractivity contribution is 0.0939. The molecule has 6 rings (SSSR count). The van der Waals surface area contributed by atoms with E-state index in [1.54, 1.807) is 45.3 Å². The normalized spacial score (nSPS) is 11.8. The molecule has 4 heterocycles. The molecule has 0 aliphatic carbocycles. The predicted molar refractivity (Wildman–Crippen MR) is 157 cm³/mol. The number of fused-ring (bicyclic) bond motifs is 2. The van der Waals surface area contributed by atoms with Crippen LogP contribution in [-0.2, 0) is 7.05 Å². The zero-order valence-corrected chi connectivity index (χ0v) is 23.1. The molecule has 0 fully saturated rings. The second kappa shape index (κ2) is 10.2. The van der Waals surface area contributed by atoms with E-state index in [1.165, 1.54) is 0 Å². The Morgan fingerprint density at radius 1 is 1.00 bits per heavy atom. The van der Waals surface area contributed by atoms with Gasteiger partial charge in [-0.25, -0.2) is 9.50 Å². The minimum absolute atomic E-state index is 0.216. The number of hydrogen-bond donors (Lipinski definition) is 1. The number of pyridine rings is 1. The highest BCUT2D eigenvalue weighted by Crippen LogP contribution is 2.24. The molecular weight excluding hydrogens is 514 g/mol. The van der Waals surface area contributed by atoms with Gasteiger partial charge in [0.15, 0.2) is 5.65 Å². The van der Waals surface area contributed by atoms with Crippen molar-refractivity contribution in [1.29, 1.82) is 0 Å². The predicted octanol–water partition coefficient (Wildman–Crippen LogP) is 4.27. The Balaban J connectivity index is 1.48. The third-order valence-electron chi connectivity index (χ3n) is 7.25. The molecule has 0 radical (unpaired) electrons. The molecule has 9 heteroatoms. The first-order valence-corrected chi connectivity index (χ1v) is 13.2. The van der Waals surface area contributed by atoms with Gasteiger partial charge in [0.2, 0.25) is 0 Å².